The molecule has 0 radical (unpaired) electrons. The lowest BCUT2D eigenvalue weighted by Crippen LogP contribution is -2.25. The lowest BCUT2D eigenvalue weighted by Gasteiger charge is -2.09. The molecule has 7 heteroatoms. The standard InChI is InChI=1S/C15H7Cl5O2/c16-9-3-1-7(5-11(9)18)14(21)13(20)15(22)8-2-4-10(17)12(19)6-8/h1-6,13H. The molecule has 2 aromatic carbocycles. The van der Waals surface area contributed by atoms with E-state index in [1.54, 1.807) is 0 Å². The monoisotopic (exact) mass is 394 g/mol. The maximum absolute atomic E-state index is 12.3. The van der Waals surface area contributed by atoms with Gasteiger partial charge in [0.25, 0.3) is 0 Å². The Balaban J connectivity index is 2.27. The first-order valence-electron chi connectivity index (χ1n) is 5.94. The minimum absolute atomic E-state index is 0.197. The van der Waals surface area contributed by atoms with E-state index in [1.165, 1.54) is 36.4 Å². The minimum Gasteiger partial charge on any atom is -0.292 e. The van der Waals surface area contributed by atoms with E-state index in [4.69, 9.17) is 58.0 Å². The third-order valence-electron chi connectivity index (χ3n) is 2.87. The van der Waals surface area contributed by atoms with Gasteiger partial charge in [-0.15, -0.1) is 11.6 Å². The van der Waals surface area contributed by atoms with Crippen LogP contribution in [0.1, 0.15) is 20.7 Å². The second-order valence-electron chi connectivity index (χ2n) is 4.35. The van der Waals surface area contributed by atoms with E-state index in [-0.39, 0.29) is 21.2 Å². The quantitative estimate of drug-likeness (QED) is 0.362. The number of hydrogen-bond acceptors (Lipinski definition) is 2. The van der Waals surface area contributed by atoms with Crippen molar-refractivity contribution in [1.29, 1.82) is 0 Å². The number of benzene rings is 2. The molecule has 22 heavy (non-hydrogen) atoms. The van der Waals surface area contributed by atoms with Gasteiger partial charge in [-0.2, -0.15) is 0 Å². The molecule has 0 spiro atoms. The Morgan fingerprint density at radius 3 is 1.36 bits per heavy atom. The number of alkyl halides is 1. The largest absolute Gasteiger partial charge is 0.292 e. The minimum atomic E-state index is -1.39. The summed E-state index contributed by atoms with van der Waals surface area (Å²) in [7, 11) is 0. The molecule has 2 aromatic rings. The average molecular weight is 396 g/mol. The summed E-state index contributed by atoms with van der Waals surface area (Å²) < 4.78 is 0. The van der Waals surface area contributed by atoms with Gasteiger partial charge in [-0.3, -0.25) is 9.59 Å². The van der Waals surface area contributed by atoms with Crippen LogP contribution in [0.5, 0.6) is 0 Å². The molecule has 0 saturated carbocycles. The smallest absolute Gasteiger partial charge is 0.188 e. The highest BCUT2D eigenvalue weighted by Gasteiger charge is 2.27. The second kappa shape index (κ2) is 7.20. The van der Waals surface area contributed by atoms with Gasteiger partial charge < -0.3 is 0 Å². The van der Waals surface area contributed by atoms with E-state index in [9.17, 15) is 9.59 Å². The predicted octanol–water partition coefficient (Wildman–Crippen LogP) is 5.97. The van der Waals surface area contributed by atoms with Crippen molar-refractivity contribution in [1.82, 2.24) is 0 Å². The number of halogens is 5. The topological polar surface area (TPSA) is 34.1 Å². The molecule has 0 aromatic heterocycles. The van der Waals surface area contributed by atoms with Crippen LogP contribution in [-0.4, -0.2) is 16.9 Å². The Bertz CT molecular complexity index is 694. The molecule has 0 atom stereocenters. The molecule has 0 aliphatic heterocycles. The van der Waals surface area contributed by atoms with Crippen LogP contribution in [-0.2, 0) is 0 Å². The Morgan fingerprint density at radius 2 is 1.05 bits per heavy atom. The van der Waals surface area contributed by atoms with E-state index in [0.717, 1.165) is 0 Å². The number of carbonyl (C=O) groups is 2. The molecular formula is C15H7Cl5O2. The van der Waals surface area contributed by atoms with Crippen LogP contribution in [0.15, 0.2) is 36.4 Å². The van der Waals surface area contributed by atoms with Crippen molar-refractivity contribution in [3.05, 3.63) is 67.6 Å². The number of carbonyl (C=O) groups excluding carboxylic acids is 2. The molecular weight excluding hydrogens is 389 g/mol. The van der Waals surface area contributed by atoms with E-state index in [0.29, 0.717) is 10.0 Å². The van der Waals surface area contributed by atoms with Crippen molar-refractivity contribution in [3.8, 4) is 0 Å². The van der Waals surface area contributed by atoms with Crippen molar-refractivity contribution in [2.45, 2.75) is 5.38 Å². The van der Waals surface area contributed by atoms with Gasteiger partial charge in [0.2, 0.25) is 0 Å². The second-order valence-corrected chi connectivity index (χ2v) is 6.41. The Morgan fingerprint density at radius 1 is 0.682 bits per heavy atom. The van der Waals surface area contributed by atoms with Crippen LogP contribution in [0.3, 0.4) is 0 Å². The number of hydrogen-bond donors (Lipinski definition) is 0. The van der Waals surface area contributed by atoms with Crippen LogP contribution in [0, 0.1) is 0 Å². The van der Waals surface area contributed by atoms with E-state index >= 15 is 0 Å². The van der Waals surface area contributed by atoms with E-state index < -0.39 is 16.9 Å². The zero-order valence-corrected chi connectivity index (χ0v) is 14.5. The molecule has 0 N–H and O–H groups in total. The van der Waals surface area contributed by atoms with E-state index in [2.05, 4.69) is 0 Å². The summed E-state index contributed by atoms with van der Waals surface area (Å²) in [6, 6.07) is 8.56. The zero-order chi connectivity index (χ0) is 16.4. The van der Waals surface area contributed by atoms with Crippen LogP contribution >= 0.6 is 58.0 Å². The zero-order valence-electron chi connectivity index (χ0n) is 10.7. The molecule has 0 aliphatic carbocycles. The van der Waals surface area contributed by atoms with Crippen LogP contribution < -0.4 is 0 Å². The molecule has 2 nitrogen and oxygen atoms in total. The summed E-state index contributed by atoms with van der Waals surface area (Å²) in [5.74, 6) is -1.15. The Labute approximate surface area is 151 Å². The Hall–Kier alpha value is -0.770. The molecule has 0 amide bonds. The first-order valence-corrected chi connectivity index (χ1v) is 7.88. The van der Waals surface area contributed by atoms with Gasteiger partial charge in [0.1, 0.15) is 0 Å². The van der Waals surface area contributed by atoms with Crippen LogP contribution in [0.25, 0.3) is 0 Å². The fourth-order valence-electron chi connectivity index (χ4n) is 1.71. The van der Waals surface area contributed by atoms with Gasteiger partial charge in [-0.1, -0.05) is 46.4 Å². The third kappa shape index (κ3) is 3.76. The van der Waals surface area contributed by atoms with Gasteiger partial charge in [0.05, 0.1) is 20.1 Å². The lowest BCUT2D eigenvalue weighted by molar-refractivity contribution is 0.0900. The summed E-state index contributed by atoms with van der Waals surface area (Å²) in [6.07, 6.45) is 0. The summed E-state index contributed by atoms with van der Waals surface area (Å²) in [6.45, 7) is 0. The molecule has 114 valence electrons. The molecule has 0 aliphatic rings. The van der Waals surface area contributed by atoms with Crippen LogP contribution in [0.2, 0.25) is 20.1 Å². The summed E-state index contributed by atoms with van der Waals surface area (Å²) in [5.41, 5.74) is 0.394. The lowest BCUT2D eigenvalue weighted by atomic mass is 10.0. The van der Waals surface area contributed by atoms with Crippen LogP contribution in [0.4, 0.5) is 0 Å². The number of rotatable bonds is 4. The third-order valence-corrected chi connectivity index (χ3v) is 4.74. The molecule has 0 heterocycles. The average Bonchev–Trinajstić information content (AvgIpc) is 2.50. The van der Waals surface area contributed by atoms with Gasteiger partial charge in [0, 0.05) is 11.1 Å². The van der Waals surface area contributed by atoms with Crippen molar-refractivity contribution in [3.63, 3.8) is 0 Å². The molecule has 0 saturated heterocycles. The Kier molecular flexibility index (Phi) is 5.76. The predicted molar refractivity (Wildman–Crippen MR) is 91.2 cm³/mol. The van der Waals surface area contributed by atoms with E-state index in [1.807, 2.05) is 0 Å². The maximum atomic E-state index is 12.3. The van der Waals surface area contributed by atoms with Crippen molar-refractivity contribution in [2.24, 2.45) is 0 Å². The maximum Gasteiger partial charge on any atom is 0.188 e. The van der Waals surface area contributed by atoms with Gasteiger partial charge in [-0.25, -0.2) is 0 Å². The fraction of sp³-hybridized carbons (Fsp3) is 0.0667. The molecule has 0 fully saturated rings. The van der Waals surface area contributed by atoms with Crippen molar-refractivity contribution >= 4 is 69.6 Å². The van der Waals surface area contributed by atoms with Gasteiger partial charge in [-0.05, 0) is 36.4 Å². The molecule has 2 rings (SSSR count). The van der Waals surface area contributed by atoms with Gasteiger partial charge in [0.15, 0.2) is 16.9 Å². The van der Waals surface area contributed by atoms with Gasteiger partial charge >= 0.3 is 0 Å². The summed E-state index contributed by atoms with van der Waals surface area (Å²) >= 11 is 29.3. The first-order chi connectivity index (χ1) is 10.3. The molecule has 0 bridgehead atoms. The first kappa shape index (κ1) is 17.6. The summed E-state index contributed by atoms with van der Waals surface area (Å²) in [5, 5.41) is -0.369. The SMILES string of the molecule is O=C(c1ccc(Cl)c(Cl)c1)C(Cl)C(=O)c1ccc(Cl)c(Cl)c1. The summed E-state index contributed by atoms with van der Waals surface area (Å²) in [4.78, 5) is 24.5. The highest BCUT2D eigenvalue weighted by molar-refractivity contribution is 6.48. The fourth-order valence-corrected chi connectivity index (χ4v) is 2.56. The number of ketones is 2. The molecule has 0 unspecified atom stereocenters. The highest BCUT2D eigenvalue weighted by atomic mass is 35.5. The highest BCUT2D eigenvalue weighted by Crippen LogP contribution is 2.26. The normalized spacial score (nSPS) is 10.8. The van der Waals surface area contributed by atoms with Crippen molar-refractivity contribution < 1.29 is 9.59 Å². The van der Waals surface area contributed by atoms with Crippen molar-refractivity contribution in [2.75, 3.05) is 0 Å². The number of Topliss-reactive ketones (excluding diaryl/α,β-unsaturated/α-hetero) is 2.